The number of aromatic nitrogens is 1. The number of nitrogens with zero attached hydrogens (tertiary/aromatic N) is 2. The Morgan fingerprint density at radius 3 is 2.40 bits per heavy atom. The Hall–Kier alpha value is -1.01. The SMILES string of the molecule is CC1CCN(c2nc(C(F)(F)F)ccc2CN)CC1.Cl. The van der Waals surface area contributed by atoms with Crippen molar-refractivity contribution in [1.29, 1.82) is 0 Å². The Balaban J connectivity index is 0.00000200. The molecular weight excluding hydrogens is 291 g/mol. The summed E-state index contributed by atoms with van der Waals surface area (Å²) in [7, 11) is 0. The first-order chi connectivity index (χ1) is 8.91. The van der Waals surface area contributed by atoms with Gasteiger partial charge in [0.05, 0.1) is 0 Å². The number of hydrogen-bond donors (Lipinski definition) is 1. The summed E-state index contributed by atoms with van der Waals surface area (Å²) in [6, 6.07) is 2.43. The van der Waals surface area contributed by atoms with Crippen LogP contribution >= 0.6 is 12.4 Å². The van der Waals surface area contributed by atoms with Gasteiger partial charge in [-0.15, -0.1) is 12.4 Å². The molecule has 0 saturated carbocycles. The van der Waals surface area contributed by atoms with Crippen molar-refractivity contribution in [3.8, 4) is 0 Å². The van der Waals surface area contributed by atoms with Crippen molar-refractivity contribution in [3.05, 3.63) is 23.4 Å². The van der Waals surface area contributed by atoms with E-state index in [0.717, 1.165) is 32.0 Å². The second kappa shape index (κ2) is 6.63. The maximum atomic E-state index is 12.7. The largest absolute Gasteiger partial charge is 0.433 e. The van der Waals surface area contributed by atoms with Crippen LogP contribution in [-0.2, 0) is 12.7 Å². The first-order valence-electron chi connectivity index (χ1n) is 6.44. The molecule has 0 amide bonds. The zero-order valence-corrected chi connectivity index (χ0v) is 12.1. The van der Waals surface area contributed by atoms with E-state index in [2.05, 4.69) is 11.9 Å². The lowest BCUT2D eigenvalue weighted by Crippen LogP contribution is -2.34. The van der Waals surface area contributed by atoms with Gasteiger partial charge in [-0.1, -0.05) is 13.0 Å². The quantitative estimate of drug-likeness (QED) is 0.912. The van der Waals surface area contributed by atoms with E-state index in [1.54, 1.807) is 0 Å². The fourth-order valence-corrected chi connectivity index (χ4v) is 2.29. The van der Waals surface area contributed by atoms with Gasteiger partial charge in [-0.25, -0.2) is 4.98 Å². The molecule has 1 aromatic heterocycles. The van der Waals surface area contributed by atoms with E-state index in [4.69, 9.17) is 5.73 Å². The van der Waals surface area contributed by atoms with Gasteiger partial charge in [0.15, 0.2) is 0 Å². The third-order valence-electron chi connectivity index (χ3n) is 3.55. The number of alkyl halides is 3. The predicted octanol–water partition coefficient (Wildman–Crippen LogP) is 3.22. The molecule has 0 atom stereocenters. The van der Waals surface area contributed by atoms with Crippen LogP contribution in [0.15, 0.2) is 12.1 Å². The highest BCUT2D eigenvalue weighted by atomic mass is 35.5. The van der Waals surface area contributed by atoms with Crippen molar-refractivity contribution in [2.75, 3.05) is 18.0 Å². The van der Waals surface area contributed by atoms with Crippen LogP contribution in [0.5, 0.6) is 0 Å². The van der Waals surface area contributed by atoms with Gasteiger partial charge in [0.25, 0.3) is 0 Å². The van der Waals surface area contributed by atoms with Gasteiger partial charge in [0.2, 0.25) is 0 Å². The van der Waals surface area contributed by atoms with Crippen LogP contribution < -0.4 is 10.6 Å². The van der Waals surface area contributed by atoms with Crippen LogP contribution in [-0.4, -0.2) is 18.1 Å². The zero-order valence-electron chi connectivity index (χ0n) is 11.3. The Morgan fingerprint density at radius 1 is 1.30 bits per heavy atom. The number of piperidine rings is 1. The molecule has 0 bridgehead atoms. The number of rotatable bonds is 2. The Kier molecular flexibility index (Phi) is 5.65. The highest BCUT2D eigenvalue weighted by Gasteiger charge is 2.33. The van der Waals surface area contributed by atoms with Crippen LogP contribution in [0.25, 0.3) is 0 Å². The van der Waals surface area contributed by atoms with E-state index in [1.807, 2.05) is 4.90 Å². The molecule has 3 nitrogen and oxygen atoms in total. The summed E-state index contributed by atoms with van der Waals surface area (Å²) in [4.78, 5) is 5.70. The first kappa shape index (κ1) is 17.0. The summed E-state index contributed by atoms with van der Waals surface area (Å²) in [6.07, 6.45) is -2.46. The van der Waals surface area contributed by atoms with E-state index in [-0.39, 0.29) is 19.0 Å². The monoisotopic (exact) mass is 309 g/mol. The molecule has 2 N–H and O–H groups in total. The summed E-state index contributed by atoms with van der Waals surface area (Å²) in [5.74, 6) is 1.01. The van der Waals surface area contributed by atoms with E-state index in [0.29, 0.717) is 17.3 Å². The summed E-state index contributed by atoms with van der Waals surface area (Å²) in [6.45, 7) is 3.83. The Labute approximate surface area is 122 Å². The predicted molar refractivity (Wildman–Crippen MR) is 75.0 cm³/mol. The van der Waals surface area contributed by atoms with Crippen LogP contribution in [0.1, 0.15) is 31.0 Å². The average molecular weight is 310 g/mol. The highest BCUT2D eigenvalue weighted by molar-refractivity contribution is 5.85. The standard InChI is InChI=1S/C13H18F3N3.ClH/c1-9-4-6-19(7-5-9)12-10(8-17)2-3-11(18-12)13(14,15)16;/h2-3,9H,4-8,17H2,1H3;1H. The van der Waals surface area contributed by atoms with Gasteiger partial charge in [-0.05, 0) is 24.8 Å². The van der Waals surface area contributed by atoms with Gasteiger partial charge < -0.3 is 10.6 Å². The maximum absolute atomic E-state index is 12.7. The summed E-state index contributed by atoms with van der Waals surface area (Å²) >= 11 is 0. The molecule has 1 fully saturated rings. The molecule has 0 unspecified atom stereocenters. The molecule has 1 aromatic rings. The topological polar surface area (TPSA) is 42.2 Å². The van der Waals surface area contributed by atoms with Gasteiger partial charge >= 0.3 is 6.18 Å². The second-order valence-electron chi connectivity index (χ2n) is 5.05. The maximum Gasteiger partial charge on any atom is 0.433 e. The van der Waals surface area contributed by atoms with Gasteiger partial charge in [-0.2, -0.15) is 13.2 Å². The third-order valence-corrected chi connectivity index (χ3v) is 3.55. The highest BCUT2D eigenvalue weighted by Crippen LogP contribution is 2.31. The molecule has 0 spiro atoms. The van der Waals surface area contributed by atoms with E-state index in [1.165, 1.54) is 6.07 Å². The molecule has 7 heteroatoms. The fourth-order valence-electron chi connectivity index (χ4n) is 2.29. The summed E-state index contributed by atoms with van der Waals surface area (Å²) in [5, 5.41) is 0. The van der Waals surface area contributed by atoms with Crippen LogP contribution in [0.3, 0.4) is 0 Å². The minimum atomic E-state index is -4.41. The number of halogens is 4. The molecule has 1 saturated heterocycles. The molecule has 20 heavy (non-hydrogen) atoms. The van der Waals surface area contributed by atoms with Gasteiger partial charge in [0, 0.05) is 25.2 Å². The average Bonchev–Trinajstić information content (AvgIpc) is 2.38. The number of hydrogen-bond acceptors (Lipinski definition) is 3. The van der Waals surface area contributed by atoms with Crippen LogP contribution in [0.4, 0.5) is 19.0 Å². The van der Waals surface area contributed by atoms with Crippen molar-refractivity contribution >= 4 is 18.2 Å². The summed E-state index contributed by atoms with van der Waals surface area (Å²) < 4.78 is 38.2. The third kappa shape index (κ3) is 3.76. The normalized spacial score (nSPS) is 16.9. The Bertz CT molecular complexity index is 443. The molecule has 0 radical (unpaired) electrons. The lowest BCUT2D eigenvalue weighted by Gasteiger charge is -2.32. The molecule has 114 valence electrons. The van der Waals surface area contributed by atoms with Crippen molar-refractivity contribution in [2.24, 2.45) is 11.7 Å². The lowest BCUT2D eigenvalue weighted by molar-refractivity contribution is -0.141. The van der Waals surface area contributed by atoms with Crippen LogP contribution in [0, 0.1) is 5.92 Å². The molecule has 2 heterocycles. The zero-order chi connectivity index (χ0) is 14.0. The van der Waals surface area contributed by atoms with Crippen molar-refractivity contribution in [1.82, 2.24) is 4.98 Å². The van der Waals surface area contributed by atoms with Crippen molar-refractivity contribution < 1.29 is 13.2 Å². The first-order valence-corrected chi connectivity index (χ1v) is 6.44. The van der Waals surface area contributed by atoms with E-state index < -0.39 is 11.9 Å². The second-order valence-corrected chi connectivity index (χ2v) is 5.05. The molecule has 0 aliphatic carbocycles. The molecular formula is C13H19ClF3N3. The van der Waals surface area contributed by atoms with Crippen molar-refractivity contribution in [2.45, 2.75) is 32.5 Å². The van der Waals surface area contributed by atoms with E-state index in [9.17, 15) is 13.2 Å². The Morgan fingerprint density at radius 2 is 1.90 bits per heavy atom. The van der Waals surface area contributed by atoms with Crippen LogP contribution in [0.2, 0.25) is 0 Å². The molecule has 2 rings (SSSR count). The van der Waals surface area contributed by atoms with Gasteiger partial charge in [0.1, 0.15) is 11.5 Å². The summed E-state index contributed by atoms with van der Waals surface area (Å²) in [5.41, 5.74) is 5.42. The molecule has 1 aliphatic rings. The minimum Gasteiger partial charge on any atom is -0.356 e. The number of pyridine rings is 1. The number of anilines is 1. The molecule has 0 aromatic carbocycles. The minimum absolute atomic E-state index is 0. The van der Waals surface area contributed by atoms with Gasteiger partial charge in [-0.3, -0.25) is 0 Å². The van der Waals surface area contributed by atoms with Crippen molar-refractivity contribution in [3.63, 3.8) is 0 Å². The molecule has 1 aliphatic heterocycles. The lowest BCUT2D eigenvalue weighted by atomic mass is 9.99. The smallest absolute Gasteiger partial charge is 0.356 e. The number of nitrogens with two attached hydrogens (primary N) is 1. The van der Waals surface area contributed by atoms with E-state index >= 15 is 0 Å². The fraction of sp³-hybridized carbons (Fsp3) is 0.615.